The van der Waals surface area contributed by atoms with Crippen LogP contribution in [-0.4, -0.2) is 10.9 Å². The predicted molar refractivity (Wildman–Crippen MR) is 99.8 cm³/mol. The van der Waals surface area contributed by atoms with Crippen molar-refractivity contribution in [3.05, 3.63) is 45.9 Å². The summed E-state index contributed by atoms with van der Waals surface area (Å²) in [6.07, 6.45) is 5.95. The standard InChI is InChI=1S/C16H19N3OS.2ClH/c1-11-4-5-12(17)10-13(11)14(20)19-16(6-2-3-7-16)15-18-8-9-21-15;;/h4-5,8-10H,2-3,6-7,17H2,1H3,(H,19,20);2*1H. The Morgan fingerprint density at radius 2 is 2.00 bits per heavy atom. The molecular formula is C16H21Cl2N3OS. The van der Waals surface area contributed by atoms with Gasteiger partial charge in [-0.05, 0) is 37.5 Å². The maximum Gasteiger partial charge on any atom is 0.252 e. The van der Waals surface area contributed by atoms with Crippen LogP contribution in [0.25, 0.3) is 0 Å². The van der Waals surface area contributed by atoms with E-state index in [1.165, 1.54) is 0 Å². The number of halogens is 2. The maximum atomic E-state index is 12.7. The van der Waals surface area contributed by atoms with Crippen LogP contribution in [0.3, 0.4) is 0 Å². The Hall–Kier alpha value is -1.30. The normalized spacial score (nSPS) is 15.3. The molecule has 0 radical (unpaired) electrons. The van der Waals surface area contributed by atoms with Gasteiger partial charge in [0.1, 0.15) is 5.01 Å². The Balaban J connectivity index is 0.00000132. The first-order chi connectivity index (χ1) is 10.1. The molecule has 1 aromatic heterocycles. The number of nitrogens with two attached hydrogens (primary N) is 1. The molecule has 1 fully saturated rings. The quantitative estimate of drug-likeness (QED) is 0.796. The molecule has 1 amide bonds. The lowest BCUT2D eigenvalue weighted by Crippen LogP contribution is -2.44. The zero-order valence-electron chi connectivity index (χ0n) is 12.9. The molecule has 1 aliphatic carbocycles. The van der Waals surface area contributed by atoms with Gasteiger partial charge in [0.05, 0.1) is 5.54 Å². The summed E-state index contributed by atoms with van der Waals surface area (Å²) >= 11 is 1.61. The highest BCUT2D eigenvalue weighted by molar-refractivity contribution is 7.09. The molecule has 3 rings (SSSR count). The van der Waals surface area contributed by atoms with Crippen molar-refractivity contribution in [2.45, 2.75) is 38.1 Å². The Morgan fingerprint density at radius 1 is 1.30 bits per heavy atom. The number of benzene rings is 1. The molecule has 1 heterocycles. The number of nitrogen functional groups attached to an aromatic ring is 1. The fraction of sp³-hybridized carbons (Fsp3) is 0.375. The van der Waals surface area contributed by atoms with Crippen molar-refractivity contribution in [1.29, 1.82) is 0 Å². The fourth-order valence-corrected chi connectivity index (χ4v) is 3.85. The smallest absolute Gasteiger partial charge is 0.252 e. The summed E-state index contributed by atoms with van der Waals surface area (Å²) in [5.74, 6) is -0.0584. The molecule has 0 aliphatic heterocycles. The van der Waals surface area contributed by atoms with Gasteiger partial charge in [-0.25, -0.2) is 4.98 Å². The molecule has 0 spiro atoms. The Morgan fingerprint density at radius 3 is 2.61 bits per heavy atom. The number of rotatable bonds is 3. The van der Waals surface area contributed by atoms with Crippen LogP contribution in [0.5, 0.6) is 0 Å². The number of carbonyl (C=O) groups excluding carboxylic acids is 1. The minimum Gasteiger partial charge on any atom is -0.399 e. The first-order valence-electron chi connectivity index (χ1n) is 7.19. The van der Waals surface area contributed by atoms with Gasteiger partial charge in [-0.15, -0.1) is 36.2 Å². The Kier molecular flexibility index (Phi) is 6.86. The summed E-state index contributed by atoms with van der Waals surface area (Å²) in [7, 11) is 0. The fourth-order valence-electron chi connectivity index (χ4n) is 3.00. The highest BCUT2D eigenvalue weighted by Gasteiger charge is 2.39. The summed E-state index contributed by atoms with van der Waals surface area (Å²) in [6, 6.07) is 5.45. The van der Waals surface area contributed by atoms with Crippen LogP contribution >= 0.6 is 36.2 Å². The number of amides is 1. The number of hydrogen-bond acceptors (Lipinski definition) is 4. The molecule has 0 atom stereocenters. The number of carbonyl (C=O) groups is 1. The van der Waals surface area contributed by atoms with Crippen molar-refractivity contribution >= 4 is 47.7 Å². The topological polar surface area (TPSA) is 68.0 Å². The van der Waals surface area contributed by atoms with E-state index < -0.39 is 0 Å². The lowest BCUT2D eigenvalue weighted by Gasteiger charge is -2.28. The first-order valence-corrected chi connectivity index (χ1v) is 8.07. The first kappa shape index (κ1) is 19.7. The van der Waals surface area contributed by atoms with E-state index in [4.69, 9.17) is 5.73 Å². The molecule has 4 nitrogen and oxygen atoms in total. The predicted octanol–water partition coefficient (Wildman–Crippen LogP) is 4.08. The van der Waals surface area contributed by atoms with E-state index in [9.17, 15) is 4.79 Å². The number of nitrogens with zero attached hydrogens (tertiary/aromatic N) is 1. The average molecular weight is 374 g/mol. The van der Waals surface area contributed by atoms with Crippen LogP contribution < -0.4 is 11.1 Å². The van der Waals surface area contributed by atoms with Crippen LogP contribution in [-0.2, 0) is 5.54 Å². The molecular weight excluding hydrogens is 353 g/mol. The summed E-state index contributed by atoms with van der Waals surface area (Å²) < 4.78 is 0. The van der Waals surface area contributed by atoms with E-state index in [-0.39, 0.29) is 36.3 Å². The van der Waals surface area contributed by atoms with E-state index in [0.717, 1.165) is 36.3 Å². The van der Waals surface area contributed by atoms with Gasteiger partial charge in [0.15, 0.2) is 0 Å². The monoisotopic (exact) mass is 373 g/mol. The van der Waals surface area contributed by atoms with Gasteiger partial charge in [-0.3, -0.25) is 4.79 Å². The highest BCUT2D eigenvalue weighted by atomic mass is 35.5. The number of thiazole rings is 1. The molecule has 7 heteroatoms. The number of nitrogens with one attached hydrogen (secondary N) is 1. The van der Waals surface area contributed by atoms with E-state index in [0.29, 0.717) is 11.3 Å². The van der Waals surface area contributed by atoms with Crippen LogP contribution in [0, 0.1) is 6.92 Å². The number of aryl methyl sites for hydroxylation is 1. The SMILES string of the molecule is Cc1ccc(N)cc1C(=O)NC1(c2nccs2)CCCC1.Cl.Cl. The van der Waals surface area contributed by atoms with Gasteiger partial charge >= 0.3 is 0 Å². The third-order valence-corrected chi connectivity index (χ3v) is 5.14. The minimum atomic E-state index is -0.303. The van der Waals surface area contributed by atoms with Gasteiger partial charge in [-0.2, -0.15) is 0 Å². The van der Waals surface area contributed by atoms with E-state index in [1.807, 2.05) is 24.4 Å². The lowest BCUT2D eigenvalue weighted by molar-refractivity contribution is 0.0897. The van der Waals surface area contributed by atoms with Crippen LogP contribution in [0.1, 0.15) is 46.6 Å². The second-order valence-electron chi connectivity index (χ2n) is 5.65. The molecule has 23 heavy (non-hydrogen) atoms. The summed E-state index contributed by atoms with van der Waals surface area (Å²) in [5.41, 5.74) is 7.71. The molecule has 0 unspecified atom stereocenters. The van der Waals surface area contributed by atoms with E-state index in [2.05, 4.69) is 10.3 Å². The second-order valence-corrected chi connectivity index (χ2v) is 6.55. The molecule has 0 saturated heterocycles. The van der Waals surface area contributed by atoms with Crippen LogP contribution in [0.2, 0.25) is 0 Å². The zero-order chi connectivity index (χ0) is 14.9. The van der Waals surface area contributed by atoms with Crippen molar-refractivity contribution in [3.8, 4) is 0 Å². The molecule has 1 saturated carbocycles. The van der Waals surface area contributed by atoms with Gasteiger partial charge in [0.25, 0.3) is 5.91 Å². The number of anilines is 1. The van der Waals surface area contributed by atoms with Crippen molar-refractivity contribution in [1.82, 2.24) is 10.3 Å². The third-order valence-electron chi connectivity index (χ3n) is 4.16. The molecule has 3 N–H and O–H groups in total. The van der Waals surface area contributed by atoms with E-state index >= 15 is 0 Å². The van der Waals surface area contributed by atoms with Crippen LogP contribution in [0.15, 0.2) is 29.8 Å². The largest absolute Gasteiger partial charge is 0.399 e. The van der Waals surface area contributed by atoms with Crippen LogP contribution in [0.4, 0.5) is 5.69 Å². The minimum absolute atomic E-state index is 0. The average Bonchev–Trinajstić information content (AvgIpc) is 3.12. The Bertz CT molecular complexity index is 655. The van der Waals surface area contributed by atoms with Crippen molar-refractivity contribution in [2.24, 2.45) is 0 Å². The van der Waals surface area contributed by atoms with Gasteiger partial charge < -0.3 is 11.1 Å². The van der Waals surface area contributed by atoms with Crippen molar-refractivity contribution < 1.29 is 4.79 Å². The van der Waals surface area contributed by atoms with E-state index in [1.54, 1.807) is 23.6 Å². The summed E-state index contributed by atoms with van der Waals surface area (Å²) in [5, 5.41) is 6.21. The Labute approximate surface area is 152 Å². The van der Waals surface area contributed by atoms with Gasteiger partial charge in [0, 0.05) is 22.8 Å². The third kappa shape index (κ3) is 3.97. The maximum absolute atomic E-state index is 12.7. The second kappa shape index (κ2) is 7.99. The summed E-state index contributed by atoms with van der Waals surface area (Å²) in [6.45, 7) is 1.93. The lowest BCUT2D eigenvalue weighted by atomic mass is 9.97. The van der Waals surface area contributed by atoms with Gasteiger partial charge in [-0.1, -0.05) is 18.9 Å². The number of aromatic nitrogens is 1. The van der Waals surface area contributed by atoms with Gasteiger partial charge in [0.2, 0.25) is 0 Å². The van der Waals surface area contributed by atoms with Crippen molar-refractivity contribution in [2.75, 3.05) is 5.73 Å². The molecule has 1 aromatic carbocycles. The molecule has 1 aliphatic rings. The molecule has 0 bridgehead atoms. The molecule has 2 aromatic rings. The van der Waals surface area contributed by atoms with Crippen molar-refractivity contribution in [3.63, 3.8) is 0 Å². The zero-order valence-corrected chi connectivity index (χ0v) is 15.3. The molecule has 126 valence electrons. The number of hydrogen-bond donors (Lipinski definition) is 2. The summed E-state index contributed by atoms with van der Waals surface area (Å²) in [4.78, 5) is 17.1. The highest BCUT2D eigenvalue weighted by Crippen LogP contribution is 2.39.